The van der Waals surface area contributed by atoms with Crippen molar-refractivity contribution in [2.45, 2.75) is 114 Å². The van der Waals surface area contributed by atoms with E-state index in [1.54, 1.807) is 25.1 Å². The summed E-state index contributed by atoms with van der Waals surface area (Å²) in [5.41, 5.74) is 3.58. The molecule has 1 saturated heterocycles. The molecule has 53 heavy (non-hydrogen) atoms. The number of carbonyl (C=O) groups excluding carboxylic acids is 2. The summed E-state index contributed by atoms with van der Waals surface area (Å²) >= 11 is 0. The van der Waals surface area contributed by atoms with Crippen LogP contribution in [0.3, 0.4) is 0 Å². The maximum Gasteiger partial charge on any atom is 0.334 e. The summed E-state index contributed by atoms with van der Waals surface area (Å²) in [6, 6.07) is 10.6. The monoisotopic (exact) mass is 743 g/mol. The number of phenols is 1. The molecule has 0 unspecified atom stereocenters. The molecule has 294 valence electrons. The normalized spacial score (nSPS) is 25.0. The Kier molecular flexibility index (Phi) is 16.5. The van der Waals surface area contributed by atoms with Gasteiger partial charge in [0.25, 0.3) is 0 Å². The average Bonchev–Trinajstić information content (AvgIpc) is 3.13. The number of nitrogens with one attached hydrogen (secondary N) is 1. The largest absolute Gasteiger partial charge is 0.504 e. The Labute approximate surface area is 311 Å². The van der Waals surface area contributed by atoms with E-state index in [4.69, 9.17) is 18.9 Å². The molecule has 8 atom stereocenters. The van der Waals surface area contributed by atoms with Gasteiger partial charge in [0.15, 0.2) is 30.0 Å². The highest BCUT2D eigenvalue weighted by Gasteiger charge is 2.49. The lowest BCUT2D eigenvalue weighted by Gasteiger charge is -2.42. The van der Waals surface area contributed by atoms with Crippen LogP contribution in [0.15, 0.2) is 42.0 Å². The van der Waals surface area contributed by atoms with Crippen LogP contribution in [0.25, 0.3) is 6.08 Å². The lowest BCUT2D eigenvalue weighted by molar-refractivity contribution is -0.287. The van der Waals surface area contributed by atoms with E-state index in [9.17, 15) is 40.2 Å². The molecule has 13 nitrogen and oxygen atoms in total. The number of aliphatic hydroxyl groups is 5. The zero-order chi connectivity index (χ0) is 38.5. The number of hydrogen-bond acceptors (Lipinski definition) is 13. The third kappa shape index (κ3) is 11.7. The molecular formula is C40H57NO12. The number of ether oxygens (including phenoxy) is 4. The summed E-state index contributed by atoms with van der Waals surface area (Å²) < 4.78 is 22.7. The number of fused-ring (bicyclic) bond motifs is 1. The molecule has 0 amide bonds. The summed E-state index contributed by atoms with van der Waals surface area (Å²) in [5.74, 6) is -1.96. The summed E-state index contributed by atoms with van der Waals surface area (Å²) in [4.78, 5) is 27.4. The fraction of sp³-hybridized carbons (Fsp3) is 0.600. The second-order valence-electron chi connectivity index (χ2n) is 14.1. The lowest BCUT2D eigenvalue weighted by atomic mass is 9.72. The highest BCUT2D eigenvalue weighted by Crippen LogP contribution is 2.42. The number of phenolic OH excluding ortho intramolecular Hbond substituents is 1. The Morgan fingerprint density at radius 3 is 2.55 bits per heavy atom. The van der Waals surface area contributed by atoms with Gasteiger partial charge < -0.3 is 54.9 Å². The van der Waals surface area contributed by atoms with Crippen LogP contribution in [0.1, 0.15) is 87.0 Å². The summed E-state index contributed by atoms with van der Waals surface area (Å²) in [5, 5.41) is 65.6. The van der Waals surface area contributed by atoms with E-state index in [0.29, 0.717) is 24.8 Å². The van der Waals surface area contributed by atoms with Gasteiger partial charge in [-0.3, -0.25) is 4.79 Å². The minimum Gasteiger partial charge on any atom is -0.504 e. The van der Waals surface area contributed by atoms with Gasteiger partial charge in [-0.05, 0) is 91.3 Å². The molecule has 2 aliphatic rings. The van der Waals surface area contributed by atoms with E-state index in [-0.39, 0.29) is 68.1 Å². The van der Waals surface area contributed by atoms with Crippen LogP contribution in [-0.2, 0) is 36.6 Å². The van der Waals surface area contributed by atoms with Crippen LogP contribution in [0, 0.1) is 5.92 Å². The molecule has 2 aromatic rings. The number of benzene rings is 2. The predicted octanol–water partition coefficient (Wildman–Crippen LogP) is 2.89. The van der Waals surface area contributed by atoms with Crippen molar-refractivity contribution in [1.82, 2.24) is 5.32 Å². The van der Waals surface area contributed by atoms with Gasteiger partial charge in [-0.2, -0.15) is 0 Å². The number of carbonyl (C=O) groups is 2. The van der Waals surface area contributed by atoms with E-state index in [0.717, 1.165) is 42.4 Å². The van der Waals surface area contributed by atoms with E-state index >= 15 is 0 Å². The molecule has 1 aliphatic heterocycles. The Balaban J connectivity index is 1.69. The van der Waals surface area contributed by atoms with Gasteiger partial charge >= 0.3 is 11.9 Å². The van der Waals surface area contributed by atoms with E-state index in [1.807, 2.05) is 18.2 Å². The number of esters is 2. The zero-order valence-electron chi connectivity index (χ0n) is 31.0. The minimum atomic E-state index is -1.78. The van der Waals surface area contributed by atoms with E-state index in [2.05, 4.69) is 12.2 Å². The standard InChI is InChI=1S/C40H57NO12/c1-4-5-6-7-8-35(46)52-37-36(47)34(22-41-21-24(2)44)51-40(49)38(37)53-39(48)29(17-26-10-14-32(45)33(19-26)50-3)20-31-28(23-43)13-12-27-11-9-25(15-16-42)18-30(27)31/h9-11,14,17-19,24,28,31,34,36-38,40-45,47,49H,4-8,12-13,15-16,20-23H2,1-3H3/t24-,28-,31-,34-,36-,37-,38+,40+/m0/s1. The van der Waals surface area contributed by atoms with Crippen molar-refractivity contribution in [3.8, 4) is 11.5 Å². The van der Waals surface area contributed by atoms with Crippen molar-refractivity contribution in [2.75, 3.05) is 33.4 Å². The van der Waals surface area contributed by atoms with Gasteiger partial charge in [-0.1, -0.05) is 50.5 Å². The number of aryl methyl sites for hydroxylation is 1. The van der Waals surface area contributed by atoms with Crippen LogP contribution in [0.4, 0.5) is 0 Å². The first kappa shape index (κ1) is 42.2. The SMILES string of the molecule is CCCCCCC(=O)O[C@H]1[C@@H](O)[C@H](CNC[C@H](C)O)O[C@@H](O)[C@@H]1OC(=O)C(=Cc1ccc(O)c(OC)c1)C[C@@H]1c2cc(CCO)ccc2CC[C@H]1CO. The average molecular weight is 744 g/mol. The maximum atomic E-state index is 14.3. The van der Waals surface area contributed by atoms with Crippen LogP contribution in [-0.4, -0.2) is 113 Å². The number of aromatic hydroxyl groups is 1. The van der Waals surface area contributed by atoms with Gasteiger partial charge in [0.05, 0.1) is 13.2 Å². The first-order valence-electron chi connectivity index (χ1n) is 18.7. The molecule has 4 rings (SSSR count). The number of rotatable bonds is 19. The predicted molar refractivity (Wildman–Crippen MR) is 196 cm³/mol. The summed E-state index contributed by atoms with van der Waals surface area (Å²) in [6.07, 6.45) is -1.22. The first-order chi connectivity index (χ1) is 25.5. The van der Waals surface area contributed by atoms with Gasteiger partial charge in [0, 0.05) is 38.3 Å². The summed E-state index contributed by atoms with van der Waals surface area (Å²) in [6.45, 7) is 3.65. The van der Waals surface area contributed by atoms with Crippen LogP contribution < -0.4 is 10.1 Å². The smallest absolute Gasteiger partial charge is 0.334 e. The molecule has 7 N–H and O–H groups in total. The van der Waals surface area contributed by atoms with Crippen molar-refractivity contribution in [2.24, 2.45) is 5.92 Å². The molecule has 1 aliphatic carbocycles. The van der Waals surface area contributed by atoms with Gasteiger partial charge in [0.2, 0.25) is 0 Å². The van der Waals surface area contributed by atoms with Crippen molar-refractivity contribution in [3.63, 3.8) is 0 Å². The number of unbranched alkanes of at least 4 members (excludes halogenated alkanes) is 3. The van der Waals surface area contributed by atoms with Crippen LogP contribution >= 0.6 is 0 Å². The first-order valence-corrected chi connectivity index (χ1v) is 18.7. The Bertz CT molecular complexity index is 1510. The Hall–Kier alpha value is -3.56. The molecule has 0 saturated carbocycles. The molecular weight excluding hydrogens is 686 g/mol. The van der Waals surface area contributed by atoms with Gasteiger partial charge in [-0.15, -0.1) is 0 Å². The molecule has 0 aromatic heterocycles. The number of hydrogen-bond donors (Lipinski definition) is 7. The molecule has 0 radical (unpaired) electrons. The van der Waals surface area contributed by atoms with Crippen molar-refractivity contribution < 1.29 is 59.2 Å². The minimum absolute atomic E-state index is 0.00406. The highest BCUT2D eigenvalue weighted by atomic mass is 16.7. The Morgan fingerprint density at radius 1 is 1.06 bits per heavy atom. The lowest BCUT2D eigenvalue weighted by Crippen LogP contribution is -2.62. The molecule has 0 bridgehead atoms. The Morgan fingerprint density at radius 2 is 1.85 bits per heavy atom. The fourth-order valence-electron chi connectivity index (χ4n) is 7.09. The molecule has 13 heteroatoms. The third-order valence-electron chi connectivity index (χ3n) is 10.0. The molecule has 1 fully saturated rings. The van der Waals surface area contributed by atoms with E-state index < -0.39 is 48.7 Å². The highest BCUT2D eigenvalue weighted by molar-refractivity contribution is 5.94. The zero-order valence-corrected chi connectivity index (χ0v) is 31.0. The second kappa shape index (κ2) is 20.8. The van der Waals surface area contributed by atoms with E-state index in [1.165, 1.54) is 13.2 Å². The summed E-state index contributed by atoms with van der Waals surface area (Å²) in [7, 11) is 1.40. The number of aliphatic hydroxyl groups excluding tert-OH is 5. The van der Waals surface area contributed by atoms with Crippen molar-refractivity contribution in [1.29, 1.82) is 0 Å². The van der Waals surface area contributed by atoms with Gasteiger partial charge in [0.1, 0.15) is 12.2 Å². The maximum absolute atomic E-state index is 14.3. The van der Waals surface area contributed by atoms with Crippen molar-refractivity contribution in [3.05, 3.63) is 64.2 Å². The molecule has 1 heterocycles. The van der Waals surface area contributed by atoms with Crippen LogP contribution in [0.5, 0.6) is 11.5 Å². The number of methoxy groups -OCH3 is 1. The van der Waals surface area contributed by atoms with Crippen molar-refractivity contribution >= 4 is 18.0 Å². The molecule has 2 aromatic carbocycles. The topological polar surface area (TPSA) is 204 Å². The van der Waals surface area contributed by atoms with Crippen LogP contribution in [0.2, 0.25) is 0 Å². The van der Waals surface area contributed by atoms with Gasteiger partial charge in [-0.25, -0.2) is 4.79 Å². The second-order valence-corrected chi connectivity index (χ2v) is 14.1. The quantitative estimate of drug-likeness (QED) is 0.0629. The third-order valence-corrected chi connectivity index (χ3v) is 10.0. The molecule has 0 spiro atoms. The fourth-order valence-corrected chi connectivity index (χ4v) is 7.09.